The van der Waals surface area contributed by atoms with Crippen molar-refractivity contribution >= 4 is 11.8 Å². The number of ketones is 1. The molecule has 0 bridgehead atoms. The first-order chi connectivity index (χ1) is 15.1. The van der Waals surface area contributed by atoms with Gasteiger partial charge in [-0.2, -0.15) is 13.2 Å². The van der Waals surface area contributed by atoms with Gasteiger partial charge in [-0.1, -0.05) is 12.1 Å². The van der Waals surface area contributed by atoms with Crippen LogP contribution < -0.4 is 5.56 Å². The topological polar surface area (TPSA) is 89.3 Å². The average Bonchev–Trinajstić information content (AvgIpc) is 2.73. The summed E-state index contributed by atoms with van der Waals surface area (Å²) in [6.07, 6.45) is -2.55. The van der Waals surface area contributed by atoms with Gasteiger partial charge in [0.25, 0.3) is 5.56 Å². The van der Waals surface area contributed by atoms with Crippen LogP contribution in [0.15, 0.2) is 65.7 Å². The molecule has 2 heterocycles. The van der Waals surface area contributed by atoms with Crippen LogP contribution in [0.1, 0.15) is 39.5 Å². The summed E-state index contributed by atoms with van der Waals surface area (Å²) in [7, 11) is 0. The van der Waals surface area contributed by atoms with Gasteiger partial charge in [-0.25, -0.2) is 4.39 Å². The molecule has 2 aromatic heterocycles. The van der Waals surface area contributed by atoms with Crippen molar-refractivity contribution in [2.24, 2.45) is 0 Å². The Labute approximate surface area is 178 Å². The standard InChI is InChI=1S/C22H16F4N2O4/c23-17-2-1-9-27-21(17)16(13-3-6-15(7-4-13)22(24,25)26)10-18(29)14-5-8-19(30)28(11-14)12-20(31)32/h1-9,11,16H,10,12H2,(H,31,32)/t16-/m0/s1. The van der Waals surface area contributed by atoms with Crippen LogP contribution in [0.3, 0.4) is 0 Å². The number of rotatable bonds is 7. The molecule has 0 saturated heterocycles. The second-order valence-corrected chi connectivity index (χ2v) is 6.95. The molecule has 10 heteroatoms. The van der Waals surface area contributed by atoms with Gasteiger partial charge in [0.05, 0.1) is 11.3 Å². The molecule has 6 nitrogen and oxygen atoms in total. The smallest absolute Gasteiger partial charge is 0.416 e. The highest BCUT2D eigenvalue weighted by molar-refractivity contribution is 5.96. The first-order valence-corrected chi connectivity index (χ1v) is 9.29. The molecule has 3 aromatic rings. The van der Waals surface area contributed by atoms with Gasteiger partial charge in [0.1, 0.15) is 12.4 Å². The minimum Gasteiger partial charge on any atom is -0.480 e. The summed E-state index contributed by atoms with van der Waals surface area (Å²) < 4.78 is 54.0. The summed E-state index contributed by atoms with van der Waals surface area (Å²) >= 11 is 0. The quantitative estimate of drug-likeness (QED) is 0.438. The number of hydrogen-bond donors (Lipinski definition) is 1. The van der Waals surface area contributed by atoms with Crippen molar-refractivity contribution in [3.8, 4) is 0 Å². The summed E-state index contributed by atoms with van der Waals surface area (Å²) in [5.41, 5.74) is -1.41. The lowest BCUT2D eigenvalue weighted by Crippen LogP contribution is -2.24. The molecule has 0 fully saturated rings. The number of carbonyl (C=O) groups is 2. The highest BCUT2D eigenvalue weighted by Gasteiger charge is 2.31. The fourth-order valence-electron chi connectivity index (χ4n) is 3.20. The lowest BCUT2D eigenvalue weighted by atomic mass is 9.88. The van der Waals surface area contributed by atoms with Gasteiger partial charge in [-0.3, -0.25) is 19.4 Å². The van der Waals surface area contributed by atoms with Gasteiger partial charge in [0.15, 0.2) is 5.78 Å². The zero-order chi connectivity index (χ0) is 23.5. The molecule has 1 aromatic carbocycles. The number of carboxylic acids is 1. The lowest BCUT2D eigenvalue weighted by molar-refractivity contribution is -0.138. The number of aromatic nitrogens is 2. The maximum Gasteiger partial charge on any atom is 0.416 e. The van der Waals surface area contributed by atoms with Crippen LogP contribution in [-0.4, -0.2) is 26.4 Å². The predicted molar refractivity (Wildman–Crippen MR) is 105 cm³/mol. The van der Waals surface area contributed by atoms with Crippen molar-refractivity contribution in [2.45, 2.75) is 25.1 Å². The lowest BCUT2D eigenvalue weighted by Gasteiger charge is -2.18. The van der Waals surface area contributed by atoms with E-state index in [-0.39, 0.29) is 23.2 Å². The molecule has 0 saturated carbocycles. The molecule has 0 aliphatic carbocycles. The van der Waals surface area contributed by atoms with Crippen molar-refractivity contribution in [1.29, 1.82) is 0 Å². The number of carbonyl (C=O) groups excluding carboxylic acids is 1. The van der Waals surface area contributed by atoms with Gasteiger partial charge in [-0.15, -0.1) is 0 Å². The number of nitrogens with zero attached hydrogens (tertiary/aromatic N) is 2. The second kappa shape index (κ2) is 9.13. The third-order valence-electron chi connectivity index (χ3n) is 4.76. The van der Waals surface area contributed by atoms with E-state index in [2.05, 4.69) is 4.98 Å². The molecule has 1 N–H and O–H groups in total. The van der Waals surface area contributed by atoms with E-state index in [1.54, 1.807) is 0 Å². The van der Waals surface area contributed by atoms with Crippen LogP contribution in [-0.2, 0) is 17.5 Å². The maximum atomic E-state index is 14.4. The van der Waals surface area contributed by atoms with Crippen LogP contribution in [0.5, 0.6) is 0 Å². The second-order valence-electron chi connectivity index (χ2n) is 6.95. The molecule has 0 radical (unpaired) electrons. The Morgan fingerprint density at radius 2 is 1.75 bits per heavy atom. The fraction of sp³-hybridized carbons (Fsp3) is 0.182. The van der Waals surface area contributed by atoms with Gasteiger partial charge < -0.3 is 9.67 Å². The molecule has 3 rings (SSSR count). The van der Waals surface area contributed by atoms with Crippen molar-refractivity contribution in [2.75, 3.05) is 0 Å². The molecule has 0 aliphatic rings. The van der Waals surface area contributed by atoms with E-state index in [1.165, 1.54) is 18.3 Å². The minimum absolute atomic E-state index is 0.000832. The molecular weight excluding hydrogens is 432 g/mol. The number of carboxylic acid groups (broad SMARTS) is 1. The number of hydrogen-bond acceptors (Lipinski definition) is 4. The van der Waals surface area contributed by atoms with E-state index in [1.807, 2.05) is 0 Å². The normalized spacial score (nSPS) is 12.4. The summed E-state index contributed by atoms with van der Waals surface area (Å²) in [4.78, 5) is 39.6. The Morgan fingerprint density at radius 3 is 2.34 bits per heavy atom. The average molecular weight is 448 g/mol. The Bertz CT molecular complexity index is 1200. The van der Waals surface area contributed by atoms with Crippen molar-refractivity contribution in [3.05, 3.63) is 99.5 Å². The van der Waals surface area contributed by atoms with Crippen LogP contribution in [0.4, 0.5) is 17.6 Å². The summed E-state index contributed by atoms with van der Waals surface area (Å²) in [5.74, 6) is -3.60. The van der Waals surface area contributed by atoms with Crippen molar-refractivity contribution in [3.63, 3.8) is 0 Å². The summed E-state index contributed by atoms with van der Waals surface area (Å²) in [5, 5.41) is 8.90. The van der Waals surface area contributed by atoms with Crippen molar-refractivity contribution in [1.82, 2.24) is 9.55 Å². The number of benzene rings is 1. The number of pyridine rings is 2. The first kappa shape index (κ1) is 22.9. The first-order valence-electron chi connectivity index (χ1n) is 9.29. The van der Waals surface area contributed by atoms with E-state index >= 15 is 0 Å². The molecule has 0 spiro atoms. The molecule has 166 valence electrons. The van der Waals surface area contributed by atoms with Gasteiger partial charge in [0.2, 0.25) is 0 Å². The van der Waals surface area contributed by atoms with Crippen LogP contribution in [0.2, 0.25) is 0 Å². The highest BCUT2D eigenvalue weighted by atomic mass is 19.4. The largest absolute Gasteiger partial charge is 0.480 e. The summed E-state index contributed by atoms with van der Waals surface area (Å²) in [6, 6.07) is 8.68. The third-order valence-corrected chi connectivity index (χ3v) is 4.76. The highest BCUT2D eigenvalue weighted by Crippen LogP contribution is 2.33. The SMILES string of the molecule is O=C(O)Cn1cc(C(=O)C[C@@H](c2ccc(C(F)(F)F)cc2)c2ncccc2F)ccc1=O. The van der Waals surface area contributed by atoms with E-state index in [0.717, 1.165) is 47.2 Å². The Hall–Kier alpha value is -3.82. The van der Waals surface area contributed by atoms with Gasteiger partial charge in [0, 0.05) is 36.4 Å². The molecule has 0 aliphatic heterocycles. The van der Waals surface area contributed by atoms with E-state index in [0.29, 0.717) is 0 Å². The molecule has 1 atom stereocenters. The Morgan fingerprint density at radius 1 is 1.06 bits per heavy atom. The monoisotopic (exact) mass is 448 g/mol. The van der Waals surface area contributed by atoms with E-state index in [4.69, 9.17) is 5.11 Å². The molecular formula is C22H16F4N2O4. The zero-order valence-corrected chi connectivity index (χ0v) is 16.3. The predicted octanol–water partition coefficient (Wildman–Crippen LogP) is 3.89. The van der Waals surface area contributed by atoms with Crippen LogP contribution in [0.25, 0.3) is 0 Å². The zero-order valence-electron chi connectivity index (χ0n) is 16.3. The van der Waals surface area contributed by atoms with Crippen LogP contribution >= 0.6 is 0 Å². The Kier molecular flexibility index (Phi) is 6.52. The van der Waals surface area contributed by atoms with Gasteiger partial charge in [-0.05, 0) is 35.9 Å². The minimum atomic E-state index is -4.56. The van der Waals surface area contributed by atoms with Crippen LogP contribution in [0, 0.1) is 5.82 Å². The van der Waals surface area contributed by atoms with E-state index < -0.39 is 47.3 Å². The number of halogens is 4. The fourth-order valence-corrected chi connectivity index (χ4v) is 3.20. The molecule has 32 heavy (non-hydrogen) atoms. The van der Waals surface area contributed by atoms with E-state index in [9.17, 15) is 31.9 Å². The van der Waals surface area contributed by atoms with Crippen molar-refractivity contribution < 1.29 is 32.3 Å². The molecule has 0 amide bonds. The number of alkyl halides is 3. The third kappa shape index (κ3) is 5.26. The number of Topliss-reactive ketones (excluding diaryl/α,β-unsaturated/α-hetero) is 1. The summed E-state index contributed by atoms with van der Waals surface area (Å²) in [6.45, 7) is -0.656. The molecule has 0 unspecified atom stereocenters. The number of aliphatic carboxylic acids is 1. The Balaban J connectivity index is 1.98. The maximum absolute atomic E-state index is 14.4. The van der Waals surface area contributed by atoms with Gasteiger partial charge >= 0.3 is 12.1 Å².